The second-order valence-electron chi connectivity index (χ2n) is 4.12. The molecule has 0 aliphatic rings. The fourth-order valence-electron chi connectivity index (χ4n) is 1.76. The van der Waals surface area contributed by atoms with Crippen molar-refractivity contribution in [1.29, 1.82) is 0 Å². The molecule has 94 valence electrons. The van der Waals surface area contributed by atoms with Crippen LogP contribution in [0, 0.1) is 13.8 Å². The summed E-state index contributed by atoms with van der Waals surface area (Å²) in [5.74, 6) is 1.64. The van der Waals surface area contributed by atoms with E-state index in [-0.39, 0.29) is 0 Å². The molecule has 5 nitrogen and oxygen atoms in total. The van der Waals surface area contributed by atoms with E-state index in [0.29, 0.717) is 17.4 Å². The van der Waals surface area contributed by atoms with Crippen molar-refractivity contribution in [3.63, 3.8) is 0 Å². The van der Waals surface area contributed by atoms with Crippen molar-refractivity contribution in [2.45, 2.75) is 13.8 Å². The van der Waals surface area contributed by atoms with E-state index in [0.717, 1.165) is 16.9 Å². The first kappa shape index (κ1) is 12.2. The standard InChI is InChI=1S/C13H16N4O/c1-8-4-9(2)6-10(5-8)18-13-11(14)12(15-3)16-7-17-13/h4-7H,14H2,1-3H3,(H,15,16,17). The van der Waals surface area contributed by atoms with Crippen LogP contribution < -0.4 is 15.8 Å². The number of hydrogen-bond acceptors (Lipinski definition) is 5. The Bertz CT molecular complexity index is 549. The lowest BCUT2D eigenvalue weighted by molar-refractivity contribution is 0.464. The van der Waals surface area contributed by atoms with Crippen LogP contribution in [-0.4, -0.2) is 17.0 Å². The predicted molar refractivity (Wildman–Crippen MR) is 72.0 cm³/mol. The average molecular weight is 244 g/mol. The predicted octanol–water partition coefficient (Wildman–Crippen LogP) is 2.51. The van der Waals surface area contributed by atoms with Crippen LogP contribution >= 0.6 is 0 Å². The summed E-state index contributed by atoms with van der Waals surface area (Å²) in [7, 11) is 1.75. The molecule has 0 atom stereocenters. The topological polar surface area (TPSA) is 73.1 Å². The number of hydrogen-bond donors (Lipinski definition) is 2. The minimum Gasteiger partial charge on any atom is -0.437 e. The van der Waals surface area contributed by atoms with E-state index in [2.05, 4.69) is 21.4 Å². The molecule has 1 aromatic carbocycles. The van der Waals surface area contributed by atoms with Gasteiger partial charge in [-0.15, -0.1) is 0 Å². The van der Waals surface area contributed by atoms with E-state index in [1.165, 1.54) is 6.33 Å². The molecule has 0 fully saturated rings. The van der Waals surface area contributed by atoms with E-state index in [4.69, 9.17) is 10.5 Å². The van der Waals surface area contributed by atoms with Crippen molar-refractivity contribution < 1.29 is 4.74 Å². The van der Waals surface area contributed by atoms with Crippen molar-refractivity contribution in [3.8, 4) is 11.6 Å². The van der Waals surface area contributed by atoms with Gasteiger partial charge < -0.3 is 15.8 Å². The monoisotopic (exact) mass is 244 g/mol. The van der Waals surface area contributed by atoms with Gasteiger partial charge in [0.1, 0.15) is 17.8 Å². The molecule has 0 aliphatic carbocycles. The van der Waals surface area contributed by atoms with Gasteiger partial charge in [-0.25, -0.2) is 4.98 Å². The van der Waals surface area contributed by atoms with Crippen LogP contribution in [0.3, 0.4) is 0 Å². The highest BCUT2D eigenvalue weighted by molar-refractivity contribution is 5.66. The van der Waals surface area contributed by atoms with Crippen molar-refractivity contribution in [2.24, 2.45) is 0 Å². The molecule has 2 rings (SSSR count). The van der Waals surface area contributed by atoms with Gasteiger partial charge in [-0.05, 0) is 37.1 Å². The molecule has 0 bridgehead atoms. The van der Waals surface area contributed by atoms with Crippen molar-refractivity contribution >= 4 is 11.5 Å². The van der Waals surface area contributed by atoms with Gasteiger partial charge in [0.25, 0.3) is 0 Å². The Hall–Kier alpha value is -2.30. The normalized spacial score (nSPS) is 10.2. The summed E-state index contributed by atoms with van der Waals surface area (Å²) >= 11 is 0. The number of nitrogen functional groups attached to an aromatic ring is 1. The Kier molecular flexibility index (Phi) is 3.32. The van der Waals surface area contributed by atoms with Crippen LogP contribution in [0.1, 0.15) is 11.1 Å². The summed E-state index contributed by atoms with van der Waals surface area (Å²) < 4.78 is 5.70. The average Bonchev–Trinajstić information content (AvgIpc) is 2.30. The van der Waals surface area contributed by atoms with Gasteiger partial charge >= 0.3 is 0 Å². The maximum Gasteiger partial charge on any atom is 0.248 e. The molecule has 0 saturated carbocycles. The lowest BCUT2D eigenvalue weighted by atomic mass is 10.1. The number of anilines is 2. The minimum atomic E-state index is 0.361. The quantitative estimate of drug-likeness (QED) is 0.867. The molecule has 18 heavy (non-hydrogen) atoms. The van der Waals surface area contributed by atoms with Gasteiger partial charge in [0.15, 0.2) is 5.82 Å². The summed E-state index contributed by atoms with van der Waals surface area (Å²) in [6.07, 6.45) is 1.42. The van der Waals surface area contributed by atoms with Crippen LogP contribution in [0.4, 0.5) is 11.5 Å². The summed E-state index contributed by atoms with van der Waals surface area (Å²) in [6.45, 7) is 4.03. The van der Waals surface area contributed by atoms with Crippen molar-refractivity contribution in [3.05, 3.63) is 35.7 Å². The first-order chi connectivity index (χ1) is 8.60. The van der Waals surface area contributed by atoms with Gasteiger partial charge in [-0.1, -0.05) is 6.07 Å². The zero-order valence-electron chi connectivity index (χ0n) is 10.7. The Balaban J connectivity index is 2.34. The molecule has 3 N–H and O–H groups in total. The highest BCUT2D eigenvalue weighted by Gasteiger charge is 2.09. The van der Waals surface area contributed by atoms with Crippen molar-refractivity contribution in [2.75, 3.05) is 18.1 Å². The zero-order chi connectivity index (χ0) is 13.1. The molecule has 0 amide bonds. The van der Waals surface area contributed by atoms with Crippen LogP contribution in [0.2, 0.25) is 0 Å². The molecular formula is C13H16N4O. The molecule has 2 aromatic rings. The zero-order valence-corrected chi connectivity index (χ0v) is 10.7. The number of ether oxygens (including phenoxy) is 1. The largest absolute Gasteiger partial charge is 0.437 e. The van der Waals surface area contributed by atoms with Crippen LogP contribution in [0.25, 0.3) is 0 Å². The van der Waals surface area contributed by atoms with Gasteiger partial charge in [-0.3, -0.25) is 0 Å². The maximum absolute atomic E-state index is 5.91. The van der Waals surface area contributed by atoms with E-state index < -0.39 is 0 Å². The third-order valence-electron chi connectivity index (χ3n) is 2.49. The third kappa shape index (κ3) is 2.51. The molecule has 1 aromatic heterocycles. The van der Waals surface area contributed by atoms with E-state index in [1.807, 2.05) is 26.0 Å². The lowest BCUT2D eigenvalue weighted by Gasteiger charge is -2.10. The number of aryl methyl sites for hydroxylation is 2. The second kappa shape index (κ2) is 4.91. The molecule has 0 unspecified atom stereocenters. The Morgan fingerprint density at radius 3 is 2.39 bits per heavy atom. The van der Waals surface area contributed by atoms with Crippen LogP contribution in [0.15, 0.2) is 24.5 Å². The van der Waals surface area contributed by atoms with E-state index >= 15 is 0 Å². The smallest absolute Gasteiger partial charge is 0.248 e. The molecule has 0 saturated heterocycles. The number of benzene rings is 1. The summed E-state index contributed by atoms with van der Waals surface area (Å²) in [6, 6.07) is 5.95. The Morgan fingerprint density at radius 1 is 1.11 bits per heavy atom. The number of rotatable bonds is 3. The summed E-state index contributed by atoms with van der Waals surface area (Å²) in [5.41, 5.74) is 8.57. The highest BCUT2D eigenvalue weighted by atomic mass is 16.5. The molecule has 1 heterocycles. The first-order valence-electron chi connectivity index (χ1n) is 5.64. The fourth-order valence-corrected chi connectivity index (χ4v) is 1.76. The van der Waals surface area contributed by atoms with Gasteiger partial charge in [0.05, 0.1) is 0 Å². The third-order valence-corrected chi connectivity index (χ3v) is 2.49. The maximum atomic E-state index is 5.91. The van der Waals surface area contributed by atoms with Crippen molar-refractivity contribution in [1.82, 2.24) is 9.97 Å². The Morgan fingerprint density at radius 2 is 1.78 bits per heavy atom. The summed E-state index contributed by atoms with van der Waals surface area (Å²) in [5, 5.41) is 2.89. The number of nitrogens with two attached hydrogens (primary N) is 1. The lowest BCUT2D eigenvalue weighted by Crippen LogP contribution is -2.02. The fraction of sp³-hybridized carbons (Fsp3) is 0.231. The van der Waals surface area contributed by atoms with Crippen LogP contribution in [-0.2, 0) is 0 Å². The van der Waals surface area contributed by atoms with E-state index in [1.54, 1.807) is 7.05 Å². The number of nitrogens with zero attached hydrogens (tertiary/aromatic N) is 2. The van der Waals surface area contributed by atoms with Gasteiger partial charge in [-0.2, -0.15) is 4.98 Å². The molecule has 0 radical (unpaired) electrons. The van der Waals surface area contributed by atoms with E-state index in [9.17, 15) is 0 Å². The number of nitrogens with one attached hydrogen (secondary N) is 1. The summed E-state index contributed by atoms with van der Waals surface area (Å²) in [4.78, 5) is 8.05. The highest BCUT2D eigenvalue weighted by Crippen LogP contribution is 2.29. The first-order valence-corrected chi connectivity index (χ1v) is 5.64. The SMILES string of the molecule is CNc1ncnc(Oc2cc(C)cc(C)c2)c1N. The molecule has 5 heteroatoms. The van der Waals surface area contributed by atoms with Crippen LogP contribution in [0.5, 0.6) is 11.6 Å². The molecular weight excluding hydrogens is 228 g/mol. The van der Waals surface area contributed by atoms with Gasteiger partial charge in [0, 0.05) is 7.05 Å². The minimum absolute atomic E-state index is 0.361. The second-order valence-corrected chi connectivity index (χ2v) is 4.12. The molecule has 0 spiro atoms. The Labute approximate surface area is 106 Å². The number of aromatic nitrogens is 2. The van der Waals surface area contributed by atoms with Gasteiger partial charge in [0.2, 0.25) is 5.88 Å². The molecule has 0 aliphatic heterocycles.